The Morgan fingerprint density at radius 2 is 1.88 bits per heavy atom. The Morgan fingerprint density at radius 1 is 1.10 bits per heavy atom. The second kappa shape index (κ2) is 13.1. The monoisotopic (exact) mass is 560 g/mol. The molecule has 2 aliphatic rings. The third-order valence-corrected chi connectivity index (χ3v) is 7.85. The molecule has 2 aromatic heterocycles. The lowest BCUT2D eigenvalue weighted by Gasteiger charge is -2.28. The zero-order chi connectivity index (χ0) is 28.8. The van der Waals surface area contributed by atoms with Gasteiger partial charge in [0.25, 0.3) is 0 Å². The van der Waals surface area contributed by atoms with E-state index in [1.54, 1.807) is 4.52 Å². The van der Waals surface area contributed by atoms with E-state index >= 15 is 0 Å². The molecule has 1 aliphatic heterocycles. The van der Waals surface area contributed by atoms with E-state index < -0.39 is 0 Å². The summed E-state index contributed by atoms with van der Waals surface area (Å²) in [6, 6.07) is 8.20. The van der Waals surface area contributed by atoms with E-state index in [0.717, 1.165) is 74.2 Å². The zero-order valence-electron chi connectivity index (χ0n) is 23.9. The van der Waals surface area contributed by atoms with Crippen molar-refractivity contribution in [2.24, 2.45) is 5.92 Å². The number of fused-ring (bicyclic) bond motifs is 1. The summed E-state index contributed by atoms with van der Waals surface area (Å²) < 4.78 is 7.25. The largest absolute Gasteiger partial charge is 0.381 e. The van der Waals surface area contributed by atoms with Crippen LogP contribution in [0.2, 0.25) is 0 Å². The molecule has 1 saturated heterocycles. The van der Waals surface area contributed by atoms with Gasteiger partial charge in [-0.2, -0.15) is 19.6 Å². The van der Waals surface area contributed by atoms with Gasteiger partial charge >= 0.3 is 0 Å². The van der Waals surface area contributed by atoms with Crippen molar-refractivity contribution in [2.75, 3.05) is 29.2 Å². The van der Waals surface area contributed by atoms with Crippen LogP contribution in [0.15, 0.2) is 43.1 Å². The van der Waals surface area contributed by atoms with E-state index in [2.05, 4.69) is 46.8 Å². The first kappa shape index (κ1) is 28.5. The van der Waals surface area contributed by atoms with E-state index in [4.69, 9.17) is 14.7 Å². The highest BCUT2D eigenvalue weighted by Gasteiger charge is 2.27. The molecule has 11 heteroatoms. The first-order valence-electron chi connectivity index (χ1n) is 14.6. The molecule has 1 aliphatic carbocycles. The van der Waals surface area contributed by atoms with E-state index in [9.17, 15) is 9.59 Å². The van der Waals surface area contributed by atoms with Crippen molar-refractivity contribution >= 4 is 35.0 Å². The van der Waals surface area contributed by atoms with Crippen LogP contribution in [0.3, 0.4) is 0 Å². The highest BCUT2D eigenvalue weighted by molar-refractivity contribution is 5.92. The summed E-state index contributed by atoms with van der Waals surface area (Å²) in [5, 5.41) is 17.5. The molecule has 5 rings (SSSR count). The number of nitrogens with one attached hydrogen (secondary N) is 4. The second-order valence-electron chi connectivity index (χ2n) is 11.2. The summed E-state index contributed by atoms with van der Waals surface area (Å²) in [6.07, 6.45) is 8.03. The molecule has 0 unspecified atom stereocenters. The van der Waals surface area contributed by atoms with Gasteiger partial charge in [-0.15, -0.1) is 0 Å². The fourth-order valence-electron chi connectivity index (χ4n) is 5.45. The predicted molar refractivity (Wildman–Crippen MR) is 159 cm³/mol. The lowest BCUT2D eigenvalue weighted by molar-refractivity contribution is -0.121. The summed E-state index contributed by atoms with van der Waals surface area (Å²) in [5.41, 5.74) is 3.60. The maximum Gasteiger partial charge on any atom is 0.243 e. The molecule has 0 bridgehead atoms. The molecule has 2 fully saturated rings. The quantitative estimate of drug-likeness (QED) is 0.270. The van der Waals surface area contributed by atoms with Gasteiger partial charge in [0.15, 0.2) is 5.65 Å². The SMILES string of the molecule is C=CC(=O)NC1CCC(C(=O)Nc2cccc(CNc3nc(NC4CCOCC4)nc4c(C(C)C)cnn34)c2)CC1. The molecule has 0 atom stereocenters. The highest BCUT2D eigenvalue weighted by Crippen LogP contribution is 2.27. The summed E-state index contributed by atoms with van der Waals surface area (Å²) in [7, 11) is 0. The van der Waals surface area contributed by atoms with Crippen molar-refractivity contribution in [1.82, 2.24) is 24.9 Å². The van der Waals surface area contributed by atoms with E-state index in [1.807, 2.05) is 30.5 Å². The van der Waals surface area contributed by atoms with Crippen LogP contribution in [0.5, 0.6) is 0 Å². The molecular weight excluding hydrogens is 520 g/mol. The number of hydrogen-bond acceptors (Lipinski definition) is 8. The summed E-state index contributed by atoms with van der Waals surface area (Å²) in [4.78, 5) is 34.1. The average molecular weight is 561 g/mol. The highest BCUT2D eigenvalue weighted by atomic mass is 16.5. The van der Waals surface area contributed by atoms with Gasteiger partial charge in [-0.3, -0.25) is 9.59 Å². The summed E-state index contributed by atoms with van der Waals surface area (Å²) >= 11 is 0. The summed E-state index contributed by atoms with van der Waals surface area (Å²) in [5.74, 6) is 1.24. The van der Waals surface area contributed by atoms with Crippen molar-refractivity contribution in [2.45, 2.75) is 76.9 Å². The molecule has 1 saturated carbocycles. The Kier molecular flexibility index (Phi) is 9.13. The first-order chi connectivity index (χ1) is 19.9. The molecule has 3 aromatic rings. The smallest absolute Gasteiger partial charge is 0.243 e. The van der Waals surface area contributed by atoms with E-state index in [0.29, 0.717) is 18.4 Å². The van der Waals surface area contributed by atoms with Crippen LogP contribution in [0.4, 0.5) is 17.6 Å². The number of carbonyl (C=O) groups excluding carboxylic acids is 2. The third-order valence-electron chi connectivity index (χ3n) is 7.85. The lowest BCUT2D eigenvalue weighted by atomic mass is 9.85. The topological polar surface area (TPSA) is 135 Å². The number of carbonyl (C=O) groups is 2. The molecule has 0 spiro atoms. The normalized spacial score (nSPS) is 19.6. The molecule has 41 heavy (non-hydrogen) atoms. The van der Waals surface area contributed by atoms with Gasteiger partial charge in [0, 0.05) is 49.0 Å². The molecule has 0 radical (unpaired) electrons. The number of amides is 2. The minimum Gasteiger partial charge on any atom is -0.381 e. The fraction of sp³-hybridized carbons (Fsp3) is 0.500. The molecule has 1 aromatic carbocycles. The Labute approximate surface area is 240 Å². The van der Waals surface area contributed by atoms with Crippen LogP contribution in [-0.4, -0.2) is 56.7 Å². The second-order valence-corrected chi connectivity index (χ2v) is 11.2. The number of nitrogens with zero attached hydrogens (tertiary/aromatic N) is 4. The number of aromatic nitrogens is 4. The lowest BCUT2D eigenvalue weighted by Crippen LogP contribution is -2.38. The molecule has 3 heterocycles. The number of anilines is 3. The van der Waals surface area contributed by atoms with Crippen LogP contribution in [0, 0.1) is 5.92 Å². The zero-order valence-corrected chi connectivity index (χ0v) is 23.9. The van der Waals surface area contributed by atoms with Gasteiger partial charge in [0.2, 0.25) is 23.7 Å². The van der Waals surface area contributed by atoms with Crippen LogP contribution in [-0.2, 0) is 20.9 Å². The van der Waals surface area contributed by atoms with Crippen LogP contribution >= 0.6 is 0 Å². The van der Waals surface area contributed by atoms with Crippen molar-refractivity contribution in [3.05, 3.63) is 54.2 Å². The minimum absolute atomic E-state index is 0.0164. The molecule has 11 nitrogen and oxygen atoms in total. The van der Waals surface area contributed by atoms with Gasteiger partial charge < -0.3 is 26.0 Å². The van der Waals surface area contributed by atoms with Crippen LogP contribution in [0.1, 0.15) is 69.4 Å². The van der Waals surface area contributed by atoms with Gasteiger partial charge in [-0.05, 0) is 68.2 Å². The maximum absolute atomic E-state index is 13.0. The number of hydrogen-bond donors (Lipinski definition) is 4. The van der Waals surface area contributed by atoms with E-state index in [1.165, 1.54) is 6.08 Å². The number of ether oxygens (including phenoxy) is 1. The Bertz CT molecular complexity index is 1370. The van der Waals surface area contributed by atoms with Gasteiger partial charge in [-0.1, -0.05) is 32.6 Å². The van der Waals surface area contributed by atoms with Crippen molar-refractivity contribution in [3.8, 4) is 0 Å². The van der Waals surface area contributed by atoms with E-state index in [-0.39, 0.29) is 35.7 Å². The van der Waals surface area contributed by atoms with Crippen molar-refractivity contribution in [3.63, 3.8) is 0 Å². The van der Waals surface area contributed by atoms with Crippen LogP contribution in [0.25, 0.3) is 5.65 Å². The maximum atomic E-state index is 13.0. The van der Waals surface area contributed by atoms with Crippen molar-refractivity contribution in [1.29, 1.82) is 0 Å². The molecule has 4 N–H and O–H groups in total. The standard InChI is InChI=1S/C30H40N8O3/c1-4-26(39)33-22-10-8-21(9-11-22)28(40)34-24-7-5-6-20(16-24)17-31-30-37-29(35-23-12-14-41-15-13-23)36-27-25(19(2)3)18-32-38(27)30/h4-7,16,18-19,21-23H,1,8-15,17H2,2-3H3,(H,33,39)(H,34,40)(H2,31,35,36,37). The Balaban J connectivity index is 1.24. The Hall–Kier alpha value is -3.99. The number of benzene rings is 1. The minimum atomic E-state index is -0.161. The van der Waals surface area contributed by atoms with Gasteiger partial charge in [0.1, 0.15) is 0 Å². The third kappa shape index (κ3) is 7.21. The number of rotatable bonds is 10. The van der Waals surface area contributed by atoms with Gasteiger partial charge in [-0.25, -0.2) is 0 Å². The van der Waals surface area contributed by atoms with Gasteiger partial charge in [0.05, 0.1) is 6.20 Å². The molecule has 2 amide bonds. The summed E-state index contributed by atoms with van der Waals surface area (Å²) in [6.45, 7) is 9.72. The average Bonchev–Trinajstić information content (AvgIpc) is 3.41. The predicted octanol–water partition coefficient (Wildman–Crippen LogP) is 4.25. The Morgan fingerprint density at radius 3 is 2.61 bits per heavy atom. The van der Waals surface area contributed by atoms with Crippen LogP contribution < -0.4 is 21.3 Å². The molecular formula is C30H40N8O3. The first-order valence-corrected chi connectivity index (χ1v) is 14.6. The van der Waals surface area contributed by atoms with Crippen molar-refractivity contribution < 1.29 is 14.3 Å². The molecule has 218 valence electrons. The fourth-order valence-corrected chi connectivity index (χ4v) is 5.45.